The molecular weight excluding hydrogens is 290 g/mol. The number of benzene rings is 1. The van der Waals surface area contributed by atoms with Crippen LogP contribution in [0.25, 0.3) is 0 Å². The smallest absolute Gasteiger partial charge is 0.302 e. The molecule has 0 spiro atoms. The van der Waals surface area contributed by atoms with Crippen molar-refractivity contribution in [3.8, 4) is 0 Å². The first-order chi connectivity index (χ1) is 11.1. The second-order valence-corrected chi connectivity index (χ2v) is 5.49. The van der Waals surface area contributed by atoms with Crippen LogP contribution in [0.3, 0.4) is 0 Å². The number of allylic oxidation sites excluding steroid dienone is 2. The number of rotatable bonds is 10. The van der Waals surface area contributed by atoms with Gasteiger partial charge < -0.3 is 10.1 Å². The van der Waals surface area contributed by atoms with Crippen LogP contribution >= 0.6 is 0 Å². The molecule has 0 aliphatic carbocycles. The normalized spacial score (nSPS) is 12.1. The zero-order chi connectivity index (χ0) is 16.9. The molecule has 0 unspecified atom stereocenters. The predicted molar refractivity (Wildman–Crippen MR) is 91.7 cm³/mol. The maximum atomic E-state index is 11.9. The Bertz CT molecular complexity index is 497. The highest BCUT2D eigenvalue weighted by atomic mass is 16.5. The number of carbonyl (C=O) groups is 2. The molecule has 1 aromatic carbocycles. The van der Waals surface area contributed by atoms with Crippen molar-refractivity contribution < 1.29 is 14.3 Å². The van der Waals surface area contributed by atoms with E-state index in [1.807, 2.05) is 30.3 Å². The van der Waals surface area contributed by atoms with E-state index in [-0.39, 0.29) is 18.0 Å². The summed E-state index contributed by atoms with van der Waals surface area (Å²) < 4.78 is 5.29. The zero-order valence-electron chi connectivity index (χ0n) is 14.1. The minimum absolute atomic E-state index is 0.0184. The van der Waals surface area contributed by atoms with E-state index < -0.39 is 0 Å². The fourth-order valence-electron chi connectivity index (χ4n) is 2.24. The van der Waals surface area contributed by atoms with Crippen LogP contribution in [0.1, 0.15) is 51.5 Å². The SMILES string of the molecule is CC/C=C\CC[C@H](CCC(=O)NCc1ccccc1)OC(C)=O. The summed E-state index contributed by atoms with van der Waals surface area (Å²) in [5, 5.41) is 2.89. The van der Waals surface area contributed by atoms with Crippen molar-refractivity contribution in [1.29, 1.82) is 0 Å². The van der Waals surface area contributed by atoms with E-state index in [0.29, 0.717) is 19.4 Å². The van der Waals surface area contributed by atoms with Gasteiger partial charge in [0, 0.05) is 19.9 Å². The van der Waals surface area contributed by atoms with Gasteiger partial charge in [-0.3, -0.25) is 9.59 Å². The summed E-state index contributed by atoms with van der Waals surface area (Å²) in [4.78, 5) is 23.1. The van der Waals surface area contributed by atoms with Crippen molar-refractivity contribution in [1.82, 2.24) is 5.32 Å². The highest BCUT2D eigenvalue weighted by Crippen LogP contribution is 2.11. The van der Waals surface area contributed by atoms with E-state index in [1.54, 1.807) is 0 Å². The van der Waals surface area contributed by atoms with Gasteiger partial charge in [0.25, 0.3) is 0 Å². The van der Waals surface area contributed by atoms with E-state index in [2.05, 4.69) is 24.4 Å². The number of amides is 1. The lowest BCUT2D eigenvalue weighted by atomic mass is 10.1. The number of ether oxygens (including phenoxy) is 1. The molecule has 1 rings (SSSR count). The Morgan fingerprint density at radius 3 is 2.57 bits per heavy atom. The Kier molecular flexibility index (Phi) is 9.45. The van der Waals surface area contributed by atoms with Crippen LogP contribution in [-0.2, 0) is 20.9 Å². The summed E-state index contributed by atoms with van der Waals surface area (Å²) in [7, 11) is 0. The second kappa shape index (κ2) is 11.5. The molecule has 4 heteroatoms. The summed E-state index contributed by atoms with van der Waals surface area (Å²) in [6, 6.07) is 9.79. The lowest BCUT2D eigenvalue weighted by Gasteiger charge is -2.16. The lowest BCUT2D eigenvalue weighted by molar-refractivity contribution is -0.147. The molecule has 0 saturated heterocycles. The summed E-state index contributed by atoms with van der Waals surface area (Å²) in [5.74, 6) is -0.311. The molecule has 1 aromatic rings. The third kappa shape index (κ3) is 9.51. The van der Waals surface area contributed by atoms with Gasteiger partial charge in [-0.05, 0) is 31.2 Å². The van der Waals surface area contributed by atoms with E-state index in [0.717, 1.165) is 24.8 Å². The number of hydrogen-bond donors (Lipinski definition) is 1. The molecule has 0 bridgehead atoms. The number of nitrogens with one attached hydrogen (secondary N) is 1. The first-order valence-corrected chi connectivity index (χ1v) is 8.24. The minimum Gasteiger partial charge on any atom is -0.463 e. The highest BCUT2D eigenvalue weighted by Gasteiger charge is 2.13. The van der Waals surface area contributed by atoms with Crippen LogP contribution in [-0.4, -0.2) is 18.0 Å². The summed E-state index contributed by atoms with van der Waals surface area (Å²) in [6.45, 7) is 4.01. The number of hydrogen-bond acceptors (Lipinski definition) is 3. The molecule has 1 atom stereocenters. The maximum Gasteiger partial charge on any atom is 0.302 e. The minimum atomic E-state index is -0.292. The maximum absolute atomic E-state index is 11.9. The van der Waals surface area contributed by atoms with Crippen LogP contribution in [0.5, 0.6) is 0 Å². The highest BCUT2D eigenvalue weighted by molar-refractivity contribution is 5.75. The van der Waals surface area contributed by atoms with Gasteiger partial charge in [0.15, 0.2) is 0 Å². The molecule has 23 heavy (non-hydrogen) atoms. The summed E-state index contributed by atoms with van der Waals surface area (Å²) in [5.41, 5.74) is 1.07. The first-order valence-electron chi connectivity index (χ1n) is 8.24. The molecular formula is C19H27NO3. The molecule has 4 nitrogen and oxygen atoms in total. The van der Waals surface area contributed by atoms with E-state index in [1.165, 1.54) is 6.92 Å². The second-order valence-electron chi connectivity index (χ2n) is 5.49. The zero-order valence-corrected chi connectivity index (χ0v) is 14.1. The Hall–Kier alpha value is -2.10. The molecule has 0 saturated carbocycles. The van der Waals surface area contributed by atoms with Gasteiger partial charge in [0.2, 0.25) is 5.91 Å². The van der Waals surface area contributed by atoms with E-state index in [4.69, 9.17) is 4.74 Å². The number of carbonyl (C=O) groups excluding carboxylic acids is 2. The molecule has 0 aliphatic heterocycles. The predicted octanol–water partition coefficient (Wildman–Crippen LogP) is 3.76. The standard InChI is InChI=1S/C19H27NO3/c1-3-4-5-9-12-18(23-16(2)21)13-14-19(22)20-15-17-10-7-6-8-11-17/h4-8,10-11,18H,3,9,12-15H2,1-2H3,(H,20,22)/b5-4-/t18-/m1/s1. The summed E-state index contributed by atoms with van der Waals surface area (Å²) in [6.07, 6.45) is 7.52. The van der Waals surface area contributed by atoms with Gasteiger partial charge in [-0.1, -0.05) is 49.4 Å². The van der Waals surface area contributed by atoms with Crippen molar-refractivity contribution >= 4 is 11.9 Å². The Morgan fingerprint density at radius 2 is 1.91 bits per heavy atom. The monoisotopic (exact) mass is 317 g/mol. The van der Waals surface area contributed by atoms with Crippen LogP contribution in [0.4, 0.5) is 0 Å². The topological polar surface area (TPSA) is 55.4 Å². The molecule has 126 valence electrons. The van der Waals surface area contributed by atoms with Crippen molar-refractivity contribution in [2.75, 3.05) is 0 Å². The van der Waals surface area contributed by atoms with Crippen molar-refractivity contribution in [3.63, 3.8) is 0 Å². The van der Waals surface area contributed by atoms with E-state index in [9.17, 15) is 9.59 Å². The van der Waals surface area contributed by atoms with Gasteiger partial charge >= 0.3 is 5.97 Å². The Labute approximate surface area is 138 Å². The van der Waals surface area contributed by atoms with Gasteiger partial charge in [-0.25, -0.2) is 0 Å². The van der Waals surface area contributed by atoms with E-state index >= 15 is 0 Å². The van der Waals surface area contributed by atoms with Crippen molar-refractivity contribution in [2.24, 2.45) is 0 Å². The third-order valence-electron chi connectivity index (χ3n) is 3.42. The molecule has 1 amide bonds. The third-order valence-corrected chi connectivity index (χ3v) is 3.42. The van der Waals surface area contributed by atoms with Crippen molar-refractivity contribution in [2.45, 2.75) is 58.6 Å². The van der Waals surface area contributed by atoms with Crippen LogP contribution in [0.15, 0.2) is 42.5 Å². The molecule has 0 radical (unpaired) electrons. The van der Waals surface area contributed by atoms with Gasteiger partial charge in [0.05, 0.1) is 0 Å². The average molecular weight is 317 g/mol. The van der Waals surface area contributed by atoms with Crippen LogP contribution in [0.2, 0.25) is 0 Å². The quantitative estimate of drug-likeness (QED) is 0.528. The molecule has 0 heterocycles. The first kappa shape index (κ1) is 18.9. The molecule has 1 N–H and O–H groups in total. The van der Waals surface area contributed by atoms with Gasteiger partial charge in [-0.15, -0.1) is 0 Å². The Morgan fingerprint density at radius 1 is 1.17 bits per heavy atom. The largest absolute Gasteiger partial charge is 0.463 e. The molecule has 0 aromatic heterocycles. The van der Waals surface area contributed by atoms with Crippen LogP contribution < -0.4 is 5.32 Å². The summed E-state index contributed by atoms with van der Waals surface area (Å²) >= 11 is 0. The Balaban J connectivity index is 2.32. The number of esters is 1. The molecule has 0 fully saturated rings. The molecule has 0 aliphatic rings. The van der Waals surface area contributed by atoms with Crippen molar-refractivity contribution in [3.05, 3.63) is 48.0 Å². The van der Waals surface area contributed by atoms with Gasteiger partial charge in [0.1, 0.15) is 6.10 Å². The average Bonchev–Trinajstić information content (AvgIpc) is 2.55. The fourth-order valence-corrected chi connectivity index (χ4v) is 2.24. The lowest BCUT2D eigenvalue weighted by Crippen LogP contribution is -2.25. The van der Waals surface area contributed by atoms with Crippen LogP contribution in [0, 0.1) is 0 Å². The van der Waals surface area contributed by atoms with Gasteiger partial charge in [-0.2, -0.15) is 0 Å². The fraction of sp³-hybridized carbons (Fsp3) is 0.474.